The summed E-state index contributed by atoms with van der Waals surface area (Å²) in [7, 11) is 1.44. The molecule has 1 aliphatic rings. The van der Waals surface area contributed by atoms with Gasteiger partial charge >= 0.3 is 0 Å². The number of ether oxygens (including phenoxy) is 1. The zero-order chi connectivity index (χ0) is 21.8. The maximum absolute atomic E-state index is 12.9. The fraction of sp³-hybridized carbons (Fsp3) is 0.304. The Hall–Kier alpha value is -2.80. The number of hydrogen-bond acceptors (Lipinski definition) is 5. The molecule has 2 aromatic rings. The fourth-order valence-corrected chi connectivity index (χ4v) is 3.89. The Kier molecular flexibility index (Phi) is 6.82. The Morgan fingerprint density at radius 3 is 2.43 bits per heavy atom. The average molecular weight is 474 g/mol. The number of benzene rings is 2. The van der Waals surface area contributed by atoms with Gasteiger partial charge in [-0.05, 0) is 36.2 Å². The molecule has 0 aromatic heterocycles. The van der Waals surface area contributed by atoms with Gasteiger partial charge in [0.05, 0.1) is 18.7 Å². The number of Topliss-reactive ketones (excluding diaryl/α,β-unsaturated/α-hetero) is 1. The number of ketones is 1. The molecule has 1 amide bonds. The summed E-state index contributed by atoms with van der Waals surface area (Å²) >= 11 is 3.35. The Bertz CT molecular complexity index is 984. The van der Waals surface area contributed by atoms with Crippen LogP contribution in [0.3, 0.4) is 0 Å². The first kappa shape index (κ1) is 21.9. The molecule has 0 spiro atoms. The third kappa shape index (κ3) is 4.21. The summed E-state index contributed by atoms with van der Waals surface area (Å²) in [4.78, 5) is 27.2. The van der Waals surface area contributed by atoms with Gasteiger partial charge in [-0.2, -0.15) is 0 Å². The average Bonchev–Trinajstić information content (AvgIpc) is 2.99. The van der Waals surface area contributed by atoms with Crippen LogP contribution in [0.4, 0.5) is 0 Å². The van der Waals surface area contributed by atoms with E-state index in [-0.39, 0.29) is 22.8 Å². The van der Waals surface area contributed by atoms with Gasteiger partial charge in [0.25, 0.3) is 11.7 Å². The number of hydrogen-bond donors (Lipinski definition) is 2. The van der Waals surface area contributed by atoms with Gasteiger partial charge in [0.1, 0.15) is 5.76 Å². The van der Waals surface area contributed by atoms with Crippen LogP contribution in [0.2, 0.25) is 0 Å². The fourth-order valence-electron chi connectivity index (χ4n) is 3.63. The Labute approximate surface area is 183 Å². The first-order chi connectivity index (χ1) is 14.4. The van der Waals surface area contributed by atoms with E-state index in [4.69, 9.17) is 4.74 Å². The number of aliphatic hydroxyl groups is 1. The Morgan fingerprint density at radius 2 is 1.83 bits per heavy atom. The van der Waals surface area contributed by atoms with E-state index in [1.807, 2.05) is 0 Å². The number of phenolic OH excluding ortho intramolecular Hbond substituents is 1. The van der Waals surface area contributed by atoms with Crippen LogP contribution in [-0.4, -0.2) is 40.5 Å². The number of carbonyl (C=O) groups is 2. The number of unbranched alkanes of at least 4 members (excludes halogenated alkanes) is 2. The van der Waals surface area contributed by atoms with Crippen LogP contribution in [0.5, 0.6) is 11.5 Å². The molecule has 158 valence electrons. The molecule has 3 rings (SSSR count). The highest BCUT2D eigenvalue weighted by Crippen LogP contribution is 2.41. The van der Waals surface area contributed by atoms with Crippen molar-refractivity contribution < 1.29 is 24.5 Å². The van der Waals surface area contributed by atoms with Crippen molar-refractivity contribution in [1.29, 1.82) is 0 Å². The van der Waals surface area contributed by atoms with E-state index in [1.54, 1.807) is 36.4 Å². The highest BCUT2D eigenvalue weighted by Gasteiger charge is 2.45. The second-order valence-corrected chi connectivity index (χ2v) is 8.05. The maximum atomic E-state index is 12.9. The minimum absolute atomic E-state index is 0.0170. The molecule has 0 aliphatic carbocycles. The molecule has 0 saturated carbocycles. The lowest BCUT2D eigenvalue weighted by molar-refractivity contribution is -0.139. The maximum Gasteiger partial charge on any atom is 0.295 e. The zero-order valence-corrected chi connectivity index (χ0v) is 18.5. The normalized spacial score (nSPS) is 18.1. The predicted molar refractivity (Wildman–Crippen MR) is 117 cm³/mol. The summed E-state index contributed by atoms with van der Waals surface area (Å²) < 4.78 is 5.93. The number of halogens is 1. The van der Waals surface area contributed by atoms with Gasteiger partial charge in [0, 0.05) is 16.6 Å². The zero-order valence-electron chi connectivity index (χ0n) is 16.9. The quantitative estimate of drug-likeness (QED) is 0.261. The van der Waals surface area contributed by atoms with Gasteiger partial charge in [0.2, 0.25) is 0 Å². The van der Waals surface area contributed by atoms with E-state index in [0.717, 1.165) is 23.7 Å². The lowest BCUT2D eigenvalue weighted by Gasteiger charge is -2.25. The SMILES string of the molecule is CCCCCN1C(=O)C(=O)/C(=C(\O)c2ccc(Br)cc2)C1c1ccc(OC)c(O)c1. The summed E-state index contributed by atoms with van der Waals surface area (Å²) in [5, 5.41) is 21.2. The van der Waals surface area contributed by atoms with E-state index in [1.165, 1.54) is 18.1 Å². The molecule has 1 saturated heterocycles. The largest absolute Gasteiger partial charge is 0.507 e. The minimum Gasteiger partial charge on any atom is -0.507 e. The van der Waals surface area contributed by atoms with Gasteiger partial charge in [-0.3, -0.25) is 9.59 Å². The number of methoxy groups -OCH3 is 1. The molecule has 7 heteroatoms. The van der Waals surface area contributed by atoms with E-state index >= 15 is 0 Å². The van der Waals surface area contributed by atoms with Gasteiger partial charge in [-0.15, -0.1) is 0 Å². The molecule has 1 unspecified atom stereocenters. The van der Waals surface area contributed by atoms with Crippen molar-refractivity contribution in [2.75, 3.05) is 13.7 Å². The van der Waals surface area contributed by atoms with Crippen LogP contribution in [-0.2, 0) is 9.59 Å². The van der Waals surface area contributed by atoms with Crippen molar-refractivity contribution in [3.8, 4) is 11.5 Å². The number of nitrogens with zero attached hydrogens (tertiary/aromatic N) is 1. The van der Waals surface area contributed by atoms with Gasteiger partial charge < -0.3 is 19.8 Å². The molecule has 6 nitrogen and oxygen atoms in total. The van der Waals surface area contributed by atoms with Crippen molar-refractivity contribution in [3.05, 3.63) is 63.6 Å². The molecule has 1 heterocycles. The number of rotatable bonds is 7. The molecule has 0 radical (unpaired) electrons. The second-order valence-electron chi connectivity index (χ2n) is 7.14. The Balaban J connectivity index is 2.13. The molecule has 1 aliphatic heterocycles. The van der Waals surface area contributed by atoms with Crippen molar-refractivity contribution in [2.45, 2.75) is 32.2 Å². The first-order valence-corrected chi connectivity index (χ1v) is 10.6. The van der Waals surface area contributed by atoms with Crippen molar-refractivity contribution in [2.24, 2.45) is 0 Å². The van der Waals surface area contributed by atoms with Crippen LogP contribution >= 0.6 is 15.9 Å². The third-order valence-electron chi connectivity index (χ3n) is 5.18. The topological polar surface area (TPSA) is 87.1 Å². The standard InChI is InChI=1S/C23H24BrNO5/c1-3-4-5-12-25-20(15-8-11-18(30-2)17(26)13-15)19(22(28)23(25)29)21(27)14-6-9-16(24)10-7-14/h6-11,13,20,26-27H,3-5,12H2,1-2H3/b21-19-. The molecular weight excluding hydrogens is 450 g/mol. The van der Waals surface area contributed by atoms with Crippen LogP contribution in [0.1, 0.15) is 43.4 Å². The Morgan fingerprint density at radius 1 is 1.13 bits per heavy atom. The number of aliphatic hydroxyl groups excluding tert-OH is 1. The summed E-state index contributed by atoms with van der Waals surface area (Å²) in [6.45, 7) is 2.44. The molecule has 0 bridgehead atoms. The second kappa shape index (κ2) is 9.34. The van der Waals surface area contributed by atoms with Crippen molar-refractivity contribution >= 4 is 33.4 Å². The van der Waals surface area contributed by atoms with Crippen molar-refractivity contribution in [1.82, 2.24) is 4.90 Å². The van der Waals surface area contributed by atoms with Crippen LogP contribution in [0.15, 0.2) is 52.5 Å². The minimum atomic E-state index is -0.790. The lowest BCUT2D eigenvalue weighted by atomic mass is 9.95. The summed E-state index contributed by atoms with van der Waals surface area (Å²) in [6, 6.07) is 10.8. The van der Waals surface area contributed by atoms with Gasteiger partial charge in [0.15, 0.2) is 11.5 Å². The van der Waals surface area contributed by atoms with E-state index in [9.17, 15) is 19.8 Å². The summed E-state index contributed by atoms with van der Waals surface area (Å²) in [6.07, 6.45) is 2.62. The predicted octanol–water partition coefficient (Wildman–Crippen LogP) is 4.78. The van der Waals surface area contributed by atoms with E-state index in [2.05, 4.69) is 22.9 Å². The molecular formula is C23H24BrNO5. The summed E-state index contributed by atoms with van der Waals surface area (Å²) in [5.41, 5.74) is 0.985. The highest BCUT2D eigenvalue weighted by molar-refractivity contribution is 9.10. The number of amides is 1. The third-order valence-corrected chi connectivity index (χ3v) is 5.71. The monoisotopic (exact) mass is 473 g/mol. The van der Waals surface area contributed by atoms with E-state index in [0.29, 0.717) is 17.7 Å². The lowest BCUT2D eigenvalue weighted by Crippen LogP contribution is -2.30. The van der Waals surface area contributed by atoms with Crippen LogP contribution in [0.25, 0.3) is 5.76 Å². The molecule has 2 aromatic carbocycles. The van der Waals surface area contributed by atoms with Crippen LogP contribution in [0, 0.1) is 0 Å². The number of likely N-dealkylation sites (tertiary alicyclic amines) is 1. The number of phenols is 1. The van der Waals surface area contributed by atoms with E-state index < -0.39 is 17.7 Å². The molecule has 1 atom stereocenters. The van der Waals surface area contributed by atoms with Gasteiger partial charge in [-0.1, -0.05) is 53.9 Å². The van der Waals surface area contributed by atoms with Gasteiger partial charge in [-0.25, -0.2) is 0 Å². The summed E-state index contributed by atoms with van der Waals surface area (Å²) in [5.74, 6) is -1.43. The molecule has 30 heavy (non-hydrogen) atoms. The molecule has 2 N–H and O–H groups in total. The highest BCUT2D eigenvalue weighted by atomic mass is 79.9. The smallest absolute Gasteiger partial charge is 0.295 e. The van der Waals surface area contributed by atoms with Crippen LogP contribution < -0.4 is 4.74 Å². The number of aromatic hydroxyl groups is 1. The number of carbonyl (C=O) groups excluding carboxylic acids is 2. The molecule has 1 fully saturated rings. The van der Waals surface area contributed by atoms with Crippen molar-refractivity contribution in [3.63, 3.8) is 0 Å². The first-order valence-electron chi connectivity index (χ1n) is 9.80.